The Labute approximate surface area is 205 Å². The Morgan fingerprint density at radius 3 is 2.12 bits per heavy atom. The van der Waals surface area contributed by atoms with Crippen LogP contribution in [0.15, 0.2) is 82.6 Å². The van der Waals surface area contributed by atoms with Crippen LogP contribution in [0.25, 0.3) is 0 Å². The summed E-state index contributed by atoms with van der Waals surface area (Å²) < 4.78 is 39.7. The number of anilines is 2. The summed E-state index contributed by atoms with van der Waals surface area (Å²) in [5, 5.41) is 2.77. The molecule has 3 aromatic rings. The van der Waals surface area contributed by atoms with Crippen molar-refractivity contribution in [3.63, 3.8) is 0 Å². The fourth-order valence-electron chi connectivity index (χ4n) is 3.29. The number of ether oxygens (including phenoxy) is 2. The molecule has 0 fully saturated rings. The fraction of sp³-hybridized carbons (Fsp3) is 0.240. The molecule has 0 aliphatic carbocycles. The van der Waals surface area contributed by atoms with E-state index in [-0.39, 0.29) is 10.6 Å². The Bertz CT molecular complexity index is 1210. The average molecular weight is 501 g/mol. The van der Waals surface area contributed by atoms with Crippen molar-refractivity contribution in [2.75, 3.05) is 35.6 Å². The second kappa shape index (κ2) is 11.8. The number of para-hydroxylation sites is 4. The van der Waals surface area contributed by atoms with E-state index in [1.165, 1.54) is 11.8 Å². The van der Waals surface area contributed by atoms with Crippen LogP contribution in [0.3, 0.4) is 0 Å². The molecule has 34 heavy (non-hydrogen) atoms. The van der Waals surface area contributed by atoms with Gasteiger partial charge in [-0.15, -0.1) is 11.8 Å². The van der Waals surface area contributed by atoms with E-state index in [1.807, 2.05) is 20.1 Å². The largest absolute Gasteiger partial charge is 0.492 e. The molecular weight excluding hydrogens is 472 g/mol. The van der Waals surface area contributed by atoms with Crippen molar-refractivity contribution in [2.24, 2.45) is 0 Å². The third-order valence-corrected chi connectivity index (χ3v) is 7.35. The molecule has 0 radical (unpaired) electrons. The molecule has 0 heterocycles. The lowest BCUT2D eigenvalue weighted by Crippen LogP contribution is -2.38. The monoisotopic (exact) mass is 500 g/mol. The van der Waals surface area contributed by atoms with Gasteiger partial charge in [0.05, 0.1) is 29.5 Å². The smallest absolute Gasteiger partial charge is 0.264 e. The van der Waals surface area contributed by atoms with Crippen LogP contribution in [-0.4, -0.2) is 40.3 Å². The maximum atomic E-state index is 13.7. The third kappa shape index (κ3) is 6.03. The van der Waals surface area contributed by atoms with Crippen molar-refractivity contribution in [3.05, 3.63) is 72.8 Å². The summed E-state index contributed by atoms with van der Waals surface area (Å²) in [7, 11) is -4.08. The van der Waals surface area contributed by atoms with Crippen LogP contribution < -0.4 is 19.1 Å². The number of nitrogens with one attached hydrogen (secondary N) is 1. The summed E-state index contributed by atoms with van der Waals surface area (Å²) in [4.78, 5) is 14.1. The quantitative estimate of drug-likeness (QED) is 0.371. The highest BCUT2D eigenvalue weighted by Crippen LogP contribution is 2.33. The normalized spacial score (nSPS) is 11.0. The summed E-state index contributed by atoms with van der Waals surface area (Å²) >= 11 is 1.51. The van der Waals surface area contributed by atoms with Gasteiger partial charge in [0.2, 0.25) is 5.91 Å². The van der Waals surface area contributed by atoms with Gasteiger partial charge in [-0.1, -0.05) is 24.3 Å². The van der Waals surface area contributed by atoms with Gasteiger partial charge in [0.15, 0.2) is 0 Å². The van der Waals surface area contributed by atoms with Gasteiger partial charge in [0.1, 0.15) is 18.0 Å². The van der Waals surface area contributed by atoms with Crippen LogP contribution in [0, 0.1) is 0 Å². The summed E-state index contributed by atoms with van der Waals surface area (Å²) in [6.45, 7) is 3.99. The van der Waals surface area contributed by atoms with Crippen molar-refractivity contribution in [3.8, 4) is 11.5 Å². The van der Waals surface area contributed by atoms with Gasteiger partial charge in [-0.25, -0.2) is 8.42 Å². The molecule has 0 bridgehead atoms. The molecule has 0 aliphatic heterocycles. The molecule has 0 atom stereocenters. The first-order valence-corrected chi connectivity index (χ1v) is 13.5. The molecule has 1 N–H and O–H groups in total. The fourth-order valence-corrected chi connectivity index (χ4v) is 5.13. The number of rotatable bonds is 11. The number of hydrogen-bond donors (Lipinski definition) is 1. The number of carbonyl (C=O) groups is 1. The Balaban J connectivity index is 1.99. The van der Waals surface area contributed by atoms with Crippen LogP contribution in [0.2, 0.25) is 0 Å². The average Bonchev–Trinajstić information content (AvgIpc) is 2.84. The molecule has 3 aromatic carbocycles. The lowest BCUT2D eigenvalue weighted by molar-refractivity contribution is -0.114. The van der Waals surface area contributed by atoms with Crippen molar-refractivity contribution >= 4 is 39.1 Å². The number of hydrogen-bond acceptors (Lipinski definition) is 6. The van der Waals surface area contributed by atoms with E-state index in [0.717, 1.165) is 9.20 Å². The standard InChI is InChI=1S/C25H28N2O5S2/c1-4-31-23-12-8-6-10-21(23)26-25(28)18-27(22-11-7-9-13-24(22)32-5-2)34(29,30)20-16-14-19(33-3)15-17-20/h6-17H,4-5,18H2,1-3H3,(H,26,28). The molecule has 0 aromatic heterocycles. The van der Waals surface area contributed by atoms with Gasteiger partial charge in [0, 0.05) is 4.90 Å². The minimum absolute atomic E-state index is 0.0825. The maximum Gasteiger partial charge on any atom is 0.264 e. The molecule has 9 heteroatoms. The number of carbonyl (C=O) groups excluding carboxylic acids is 1. The van der Waals surface area contributed by atoms with Gasteiger partial charge in [0.25, 0.3) is 10.0 Å². The van der Waals surface area contributed by atoms with E-state index >= 15 is 0 Å². The van der Waals surface area contributed by atoms with Crippen molar-refractivity contribution in [2.45, 2.75) is 23.6 Å². The number of nitrogens with zero attached hydrogens (tertiary/aromatic N) is 1. The van der Waals surface area contributed by atoms with Crippen molar-refractivity contribution in [1.82, 2.24) is 0 Å². The molecule has 0 saturated heterocycles. The number of sulfonamides is 1. The zero-order chi connectivity index (χ0) is 24.6. The Hall–Kier alpha value is -3.17. The number of benzene rings is 3. The highest BCUT2D eigenvalue weighted by atomic mass is 32.2. The number of amides is 1. The zero-order valence-corrected chi connectivity index (χ0v) is 21.0. The zero-order valence-electron chi connectivity index (χ0n) is 19.4. The van der Waals surface area contributed by atoms with E-state index in [0.29, 0.717) is 30.4 Å². The van der Waals surface area contributed by atoms with Gasteiger partial charge in [-0.05, 0) is 68.6 Å². The highest BCUT2D eigenvalue weighted by molar-refractivity contribution is 7.98. The van der Waals surface area contributed by atoms with Crippen LogP contribution in [0.5, 0.6) is 11.5 Å². The molecule has 7 nitrogen and oxygen atoms in total. The predicted molar refractivity (Wildman–Crippen MR) is 137 cm³/mol. The van der Waals surface area contributed by atoms with Gasteiger partial charge < -0.3 is 14.8 Å². The first kappa shape index (κ1) is 25.5. The van der Waals surface area contributed by atoms with Crippen molar-refractivity contribution in [1.29, 1.82) is 0 Å². The molecule has 0 spiro atoms. The second-order valence-corrected chi connectivity index (χ2v) is 9.81. The Morgan fingerprint density at radius 2 is 1.47 bits per heavy atom. The molecule has 0 aliphatic rings. The van der Waals surface area contributed by atoms with Crippen LogP contribution >= 0.6 is 11.8 Å². The molecular formula is C25H28N2O5S2. The second-order valence-electron chi connectivity index (χ2n) is 7.07. The molecule has 180 valence electrons. The SMILES string of the molecule is CCOc1ccccc1NC(=O)CN(c1ccccc1OCC)S(=O)(=O)c1ccc(SC)cc1. The highest BCUT2D eigenvalue weighted by Gasteiger charge is 2.29. The lowest BCUT2D eigenvalue weighted by atomic mass is 10.2. The summed E-state index contributed by atoms with van der Waals surface area (Å²) in [5.41, 5.74) is 0.751. The van der Waals surface area contributed by atoms with E-state index in [4.69, 9.17) is 9.47 Å². The van der Waals surface area contributed by atoms with E-state index in [9.17, 15) is 13.2 Å². The minimum atomic E-state index is -4.08. The minimum Gasteiger partial charge on any atom is -0.492 e. The molecule has 1 amide bonds. The van der Waals surface area contributed by atoms with E-state index < -0.39 is 22.5 Å². The van der Waals surface area contributed by atoms with Crippen molar-refractivity contribution < 1.29 is 22.7 Å². The van der Waals surface area contributed by atoms with Gasteiger partial charge in [-0.2, -0.15) is 0 Å². The van der Waals surface area contributed by atoms with Gasteiger partial charge in [-0.3, -0.25) is 9.10 Å². The molecule has 0 unspecified atom stereocenters. The summed E-state index contributed by atoms with van der Waals surface area (Å²) in [6, 6.07) is 20.3. The van der Waals surface area contributed by atoms with Crippen LogP contribution in [0.1, 0.15) is 13.8 Å². The Kier molecular flexibility index (Phi) is 8.84. The Morgan fingerprint density at radius 1 is 0.882 bits per heavy atom. The summed E-state index contributed by atoms with van der Waals surface area (Å²) in [5.74, 6) is 0.370. The molecule has 0 saturated carbocycles. The first-order valence-electron chi connectivity index (χ1n) is 10.8. The van der Waals surface area contributed by atoms with Crippen LogP contribution in [0.4, 0.5) is 11.4 Å². The predicted octanol–water partition coefficient (Wildman–Crippen LogP) is 5.04. The topological polar surface area (TPSA) is 84.9 Å². The molecule has 3 rings (SSSR count). The lowest BCUT2D eigenvalue weighted by Gasteiger charge is -2.26. The number of thioether (sulfide) groups is 1. The maximum absolute atomic E-state index is 13.7. The summed E-state index contributed by atoms with van der Waals surface area (Å²) in [6.07, 6.45) is 1.92. The third-order valence-electron chi connectivity index (χ3n) is 4.83. The van der Waals surface area contributed by atoms with Crippen LogP contribution in [-0.2, 0) is 14.8 Å². The first-order chi connectivity index (χ1) is 16.4. The van der Waals surface area contributed by atoms with E-state index in [2.05, 4.69) is 5.32 Å². The van der Waals surface area contributed by atoms with E-state index in [1.54, 1.807) is 72.8 Å². The van der Waals surface area contributed by atoms with Gasteiger partial charge >= 0.3 is 0 Å².